The lowest BCUT2D eigenvalue weighted by Crippen LogP contribution is -2.18. The van der Waals surface area contributed by atoms with Gasteiger partial charge in [0, 0.05) is 18.2 Å². The summed E-state index contributed by atoms with van der Waals surface area (Å²) in [6, 6.07) is 15.4. The first kappa shape index (κ1) is 12.2. The van der Waals surface area contributed by atoms with Crippen LogP contribution in [0.1, 0.15) is 29.9 Å². The zero-order valence-corrected chi connectivity index (χ0v) is 10.9. The second-order valence-corrected chi connectivity index (χ2v) is 5.18. The highest BCUT2D eigenvalue weighted by Gasteiger charge is 2.19. The van der Waals surface area contributed by atoms with Crippen molar-refractivity contribution < 1.29 is 4.39 Å². The molecule has 19 heavy (non-hydrogen) atoms. The molecule has 1 N–H and O–H groups in total. The van der Waals surface area contributed by atoms with Crippen LogP contribution in [0, 0.1) is 5.82 Å². The van der Waals surface area contributed by atoms with Crippen molar-refractivity contribution in [3.63, 3.8) is 0 Å². The number of rotatable bonds is 3. The van der Waals surface area contributed by atoms with E-state index in [1.807, 2.05) is 6.07 Å². The number of hydrogen-bond acceptors (Lipinski definition) is 1. The van der Waals surface area contributed by atoms with Gasteiger partial charge in [-0.15, -0.1) is 0 Å². The molecule has 0 spiro atoms. The molecular formula is C17H18FN. The molecule has 0 fully saturated rings. The fraction of sp³-hybridized carbons (Fsp3) is 0.294. The van der Waals surface area contributed by atoms with E-state index in [4.69, 9.17) is 0 Å². The summed E-state index contributed by atoms with van der Waals surface area (Å²) in [5.41, 5.74) is 3.79. The molecule has 0 saturated heterocycles. The van der Waals surface area contributed by atoms with E-state index in [0.717, 1.165) is 12.2 Å². The van der Waals surface area contributed by atoms with Crippen LogP contribution in [0.2, 0.25) is 0 Å². The van der Waals surface area contributed by atoms with E-state index >= 15 is 0 Å². The molecule has 0 radical (unpaired) electrons. The summed E-state index contributed by atoms with van der Waals surface area (Å²) < 4.78 is 13.1. The third-order valence-electron chi connectivity index (χ3n) is 3.87. The first-order valence-corrected chi connectivity index (χ1v) is 6.90. The highest BCUT2D eigenvalue weighted by Crippen LogP contribution is 2.31. The van der Waals surface area contributed by atoms with Crippen LogP contribution in [0.5, 0.6) is 0 Å². The summed E-state index contributed by atoms with van der Waals surface area (Å²) in [5.74, 6) is 0.349. The summed E-state index contributed by atoms with van der Waals surface area (Å²) >= 11 is 0. The van der Waals surface area contributed by atoms with Crippen molar-refractivity contribution in [3.05, 3.63) is 65.5 Å². The van der Waals surface area contributed by atoms with Crippen molar-refractivity contribution in [2.24, 2.45) is 0 Å². The summed E-state index contributed by atoms with van der Waals surface area (Å²) in [4.78, 5) is 0. The van der Waals surface area contributed by atoms with E-state index < -0.39 is 0 Å². The lowest BCUT2D eigenvalue weighted by molar-refractivity contribution is 0.571. The van der Waals surface area contributed by atoms with E-state index in [1.54, 1.807) is 12.1 Å². The van der Waals surface area contributed by atoms with Gasteiger partial charge in [-0.05, 0) is 48.6 Å². The minimum absolute atomic E-state index is 0.186. The number of anilines is 1. The maximum Gasteiger partial charge on any atom is 0.125 e. The number of benzene rings is 2. The Balaban J connectivity index is 1.71. The van der Waals surface area contributed by atoms with Gasteiger partial charge in [-0.25, -0.2) is 4.39 Å². The van der Waals surface area contributed by atoms with Gasteiger partial charge in [0.2, 0.25) is 0 Å². The molecule has 2 heteroatoms. The highest BCUT2D eigenvalue weighted by atomic mass is 19.1. The van der Waals surface area contributed by atoms with Gasteiger partial charge in [0.05, 0.1) is 0 Å². The number of nitrogens with one attached hydrogen (secondary N) is 1. The van der Waals surface area contributed by atoms with Gasteiger partial charge >= 0.3 is 0 Å². The van der Waals surface area contributed by atoms with E-state index in [1.165, 1.54) is 36.5 Å². The normalized spacial score (nSPS) is 17.8. The molecular weight excluding hydrogens is 237 g/mol. The molecule has 2 aromatic carbocycles. The second-order valence-electron chi connectivity index (χ2n) is 5.18. The molecule has 1 aliphatic carbocycles. The number of aryl methyl sites for hydroxylation is 1. The van der Waals surface area contributed by atoms with Crippen molar-refractivity contribution >= 4 is 5.69 Å². The third-order valence-corrected chi connectivity index (χ3v) is 3.87. The summed E-state index contributed by atoms with van der Waals surface area (Å²) in [7, 11) is 0. The molecule has 1 nitrogen and oxygen atoms in total. The standard InChI is InChI=1S/C17H18FN/c18-15-8-4-9-16(11-15)19-12-14-7-3-6-13-5-1-2-10-17(13)14/h1-2,4-5,8-11,14,19H,3,6-7,12H2. The van der Waals surface area contributed by atoms with Gasteiger partial charge in [-0.3, -0.25) is 0 Å². The highest BCUT2D eigenvalue weighted by molar-refractivity contribution is 5.44. The molecule has 0 saturated carbocycles. The molecule has 1 atom stereocenters. The van der Waals surface area contributed by atoms with E-state index in [-0.39, 0.29) is 5.82 Å². The van der Waals surface area contributed by atoms with Gasteiger partial charge in [-0.2, -0.15) is 0 Å². The first-order chi connectivity index (χ1) is 9.33. The molecule has 1 unspecified atom stereocenters. The van der Waals surface area contributed by atoms with Crippen LogP contribution in [-0.4, -0.2) is 6.54 Å². The van der Waals surface area contributed by atoms with Gasteiger partial charge in [0.1, 0.15) is 5.82 Å². The van der Waals surface area contributed by atoms with Crippen LogP contribution in [-0.2, 0) is 6.42 Å². The van der Waals surface area contributed by atoms with E-state index in [0.29, 0.717) is 5.92 Å². The minimum atomic E-state index is -0.186. The van der Waals surface area contributed by atoms with Crippen LogP contribution < -0.4 is 5.32 Å². The SMILES string of the molecule is Fc1cccc(NCC2CCCc3ccccc32)c1. The molecule has 1 aliphatic rings. The summed E-state index contributed by atoms with van der Waals surface area (Å²) in [5, 5.41) is 3.36. The Morgan fingerprint density at radius 2 is 2.00 bits per heavy atom. The Morgan fingerprint density at radius 3 is 2.89 bits per heavy atom. The van der Waals surface area contributed by atoms with Crippen molar-refractivity contribution in [1.29, 1.82) is 0 Å². The Kier molecular flexibility index (Phi) is 3.49. The van der Waals surface area contributed by atoms with Crippen molar-refractivity contribution in [2.45, 2.75) is 25.2 Å². The zero-order valence-electron chi connectivity index (χ0n) is 10.9. The van der Waals surface area contributed by atoms with Crippen LogP contribution in [0.3, 0.4) is 0 Å². The van der Waals surface area contributed by atoms with Crippen molar-refractivity contribution in [3.8, 4) is 0 Å². The molecule has 3 rings (SSSR count). The lowest BCUT2D eigenvalue weighted by Gasteiger charge is -2.26. The zero-order chi connectivity index (χ0) is 13.1. The largest absolute Gasteiger partial charge is 0.384 e. The van der Waals surface area contributed by atoms with Crippen molar-refractivity contribution in [2.75, 3.05) is 11.9 Å². The Bertz CT molecular complexity index is 565. The smallest absolute Gasteiger partial charge is 0.125 e. The Labute approximate surface area is 113 Å². The second kappa shape index (κ2) is 5.43. The summed E-state index contributed by atoms with van der Waals surface area (Å²) in [6.07, 6.45) is 3.64. The Hall–Kier alpha value is -1.83. The number of halogens is 1. The minimum Gasteiger partial charge on any atom is -0.384 e. The fourth-order valence-electron chi connectivity index (χ4n) is 2.91. The lowest BCUT2D eigenvalue weighted by atomic mass is 9.83. The molecule has 0 aliphatic heterocycles. The van der Waals surface area contributed by atoms with Crippen LogP contribution in [0.4, 0.5) is 10.1 Å². The van der Waals surface area contributed by atoms with Crippen LogP contribution in [0.25, 0.3) is 0 Å². The monoisotopic (exact) mass is 255 g/mol. The average Bonchev–Trinajstić information content (AvgIpc) is 2.45. The van der Waals surface area contributed by atoms with Gasteiger partial charge in [0.15, 0.2) is 0 Å². The molecule has 0 aromatic heterocycles. The van der Waals surface area contributed by atoms with Crippen molar-refractivity contribution in [1.82, 2.24) is 0 Å². The molecule has 0 bridgehead atoms. The van der Waals surface area contributed by atoms with E-state index in [2.05, 4.69) is 29.6 Å². The average molecular weight is 255 g/mol. The maximum absolute atomic E-state index is 13.1. The topological polar surface area (TPSA) is 12.0 Å². The fourth-order valence-corrected chi connectivity index (χ4v) is 2.91. The van der Waals surface area contributed by atoms with Gasteiger partial charge < -0.3 is 5.32 Å². The van der Waals surface area contributed by atoms with Gasteiger partial charge in [0.25, 0.3) is 0 Å². The predicted octanol–water partition coefficient (Wildman–Crippen LogP) is 4.36. The van der Waals surface area contributed by atoms with Crippen LogP contribution >= 0.6 is 0 Å². The van der Waals surface area contributed by atoms with E-state index in [9.17, 15) is 4.39 Å². The predicted molar refractivity (Wildman–Crippen MR) is 77.0 cm³/mol. The third kappa shape index (κ3) is 2.78. The maximum atomic E-state index is 13.1. The quantitative estimate of drug-likeness (QED) is 0.859. The molecule has 2 aromatic rings. The summed E-state index contributed by atoms with van der Waals surface area (Å²) in [6.45, 7) is 0.875. The number of fused-ring (bicyclic) bond motifs is 1. The first-order valence-electron chi connectivity index (χ1n) is 6.90. The Morgan fingerprint density at radius 1 is 1.11 bits per heavy atom. The molecule has 98 valence electrons. The van der Waals surface area contributed by atoms with Gasteiger partial charge in [-0.1, -0.05) is 30.3 Å². The number of hydrogen-bond donors (Lipinski definition) is 1. The van der Waals surface area contributed by atoms with Crippen LogP contribution in [0.15, 0.2) is 48.5 Å². The molecule has 0 heterocycles. The molecule has 0 amide bonds.